The zero-order chi connectivity index (χ0) is 9.68. The zero-order valence-electron chi connectivity index (χ0n) is 8.28. The predicted molar refractivity (Wildman–Crippen MR) is 48.7 cm³/mol. The molecule has 0 spiro atoms. The van der Waals surface area contributed by atoms with Gasteiger partial charge in [-0.15, -0.1) is 0 Å². The van der Waals surface area contributed by atoms with Gasteiger partial charge in [-0.05, 0) is 6.54 Å². The number of carbonyl (C=O) groups is 1. The van der Waals surface area contributed by atoms with Gasteiger partial charge in [0.1, 0.15) is 12.7 Å². The summed E-state index contributed by atoms with van der Waals surface area (Å²) in [5, 5.41) is 0. The van der Waals surface area contributed by atoms with E-state index in [2.05, 4.69) is 11.8 Å². The van der Waals surface area contributed by atoms with Crippen molar-refractivity contribution >= 4 is 5.78 Å². The van der Waals surface area contributed by atoms with Crippen LogP contribution in [0.4, 0.5) is 0 Å². The molecule has 76 valence electrons. The molecule has 0 amide bonds. The van der Waals surface area contributed by atoms with E-state index in [0.717, 1.165) is 13.1 Å². The summed E-state index contributed by atoms with van der Waals surface area (Å²) < 4.78 is 10.1. The Labute approximate surface area is 78.8 Å². The molecule has 0 saturated carbocycles. The standard InChI is InChI=1S/C9H17NO3/c1-3-10-4-5-13-9(6-10)8(11)7-12-2/h9H,3-7H2,1-2H3. The largest absolute Gasteiger partial charge is 0.377 e. The lowest BCUT2D eigenvalue weighted by Gasteiger charge is -2.30. The first-order chi connectivity index (χ1) is 6.27. The fourth-order valence-electron chi connectivity index (χ4n) is 1.42. The van der Waals surface area contributed by atoms with Gasteiger partial charge in [0.15, 0.2) is 5.78 Å². The molecule has 0 radical (unpaired) electrons. The van der Waals surface area contributed by atoms with Crippen LogP contribution in [0.2, 0.25) is 0 Å². The summed E-state index contributed by atoms with van der Waals surface area (Å²) in [6, 6.07) is 0. The van der Waals surface area contributed by atoms with E-state index in [-0.39, 0.29) is 18.5 Å². The smallest absolute Gasteiger partial charge is 0.188 e. The van der Waals surface area contributed by atoms with Crippen LogP contribution in [0, 0.1) is 0 Å². The normalized spacial score (nSPS) is 24.6. The molecular weight excluding hydrogens is 170 g/mol. The van der Waals surface area contributed by atoms with Crippen LogP contribution in [0.25, 0.3) is 0 Å². The van der Waals surface area contributed by atoms with Crippen LogP contribution in [0.5, 0.6) is 0 Å². The Morgan fingerprint density at radius 2 is 2.46 bits per heavy atom. The summed E-state index contributed by atoms with van der Waals surface area (Å²) in [6.07, 6.45) is -0.284. The SMILES string of the molecule is CCN1CCOC(C(=O)COC)C1. The molecule has 1 rings (SSSR count). The predicted octanol–water partition coefficient (Wildman–Crippen LogP) is -0.0774. The van der Waals surface area contributed by atoms with Crippen molar-refractivity contribution in [2.24, 2.45) is 0 Å². The van der Waals surface area contributed by atoms with Crippen molar-refractivity contribution in [2.75, 3.05) is 40.0 Å². The van der Waals surface area contributed by atoms with Crippen molar-refractivity contribution in [3.05, 3.63) is 0 Å². The van der Waals surface area contributed by atoms with E-state index in [9.17, 15) is 4.79 Å². The van der Waals surface area contributed by atoms with E-state index in [1.165, 1.54) is 7.11 Å². The maximum Gasteiger partial charge on any atom is 0.188 e. The van der Waals surface area contributed by atoms with Crippen LogP contribution in [-0.2, 0) is 14.3 Å². The van der Waals surface area contributed by atoms with E-state index in [4.69, 9.17) is 9.47 Å². The number of morpholine rings is 1. The molecule has 4 nitrogen and oxygen atoms in total. The highest BCUT2D eigenvalue weighted by Crippen LogP contribution is 2.05. The molecule has 0 N–H and O–H groups in total. The van der Waals surface area contributed by atoms with Crippen molar-refractivity contribution in [3.8, 4) is 0 Å². The Bertz CT molecular complexity index is 172. The summed E-state index contributed by atoms with van der Waals surface area (Å²) in [4.78, 5) is 13.6. The second-order valence-corrected chi connectivity index (χ2v) is 3.15. The number of methoxy groups -OCH3 is 1. The van der Waals surface area contributed by atoms with Crippen LogP contribution in [-0.4, -0.2) is 56.7 Å². The van der Waals surface area contributed by atoms with Gasteiger partial charge in [0, 0.05) is 20.2 Å². The summed E-state index contributed by atoms with van der Waals surface area (Å²) in [5.41, 5.74) is 0. The molecule has 1 aliphatic rings. The molecule has 1 atom stereocenters. The van der Waals surface area contributed by atoms with Crippen molar-refractivity contribution in [1.29, 1.82) is 0 Å². The van der Waals surface area contributed by atoms with Crippen LogP contribution in [0.15, 0.2) is 0 Å². The average molecular weight is 187 g/mol. The van der Waals surface area contributed by atoms with E-state index < -0.39 is 0 Å². The van der Waals surface area contributed by atoms with Crippen molar-refractivity contribution in [2.45, 2.75) is 13.0 Å². The maximum absolute atomic E-state index is 11.4. The lowest BCUT2D eigenvalue weighted by atomic mass is 10.2. The van der Waals surface area contributed by atoms with Crippen LogP contribution >= 0.6 is 0 Å². The molecule has 1 aliphatic heterocycles. The second kappa shape index (κ2) is 5.32. The molecule has 0 aromatic carbocycles. The highest BCUT2D eigenvalue weighted by molar-refractivity contribution is 5.84. The Balaban J connectivity index is 2.37. The number of nitrogens with zero attached hydrogens (tertiary/aromatic N) is 1. The van der Waals surface area contributed by atoms with Gasteiger partial charge in [0.2, 0.25) is 0 Å². The fourth-order valence-corrected chi connectivity index (χ4v) is 1.42. The molecule has 1 heterocycles. The maximum atomic E-state index is 11.4. The first kappa shape index (κ1) is 10.6. The molecule has 0 bridgehead atoms. The van der Waals surface area contributed by atoms with Crippen LogP contribution in [0.1, 0.15) is 6.92 Å². The quantitative estimate of drug-likeness (QED) is 0.617. The average Bonchev–Trinajstić information content (AvgIpc) is 2.18. The van der Waals surface area contributed by atoms with Gasteiger partial charge < -0.3 is 9.47 Å². The first-order valence-electron chi connectivity index (χ1n) is 4.63. The van der Waals surface area contributed by atoms with Crippen LogP contribution < -0.4 is 0 Å². The molecule has 4 heteroatoms. The van der Waals surface area contributed by atoms with E-state index in [1.807, 2.05) is 0 Å². The zero-order valence-corrected chi connectivity index (χ0v) is 8.28. The molecular formula is C9H17NO3. The Morgan fingerprint density at radius 3 is 3.08 bits per heavy atom. The number of Topliss-reactive ketones (excluding diaryl/α,β-unsaturated/α-hetero) is 1. The highest BCUT2D eigenvalue weighted by atomic mass is 16.5. The Kier molecular flexibility index (Phi) is 4.35. The van der Waals surface area contributed by atoms with Gasteiger partial charge >= 0.3 is 0 Å². The van der Waals surface area contributed by atoms with Gasteiger partial charge in [-0.3, -0.25) is 9.69 Å². The highest BCUT2D eigenvalue weighted by Gasteiger charge is 2.25. The summed E-state index contributed by atoms with van der Waals surface area (Å²) in [6.45, 7) is 5.49. The van der Waals surface area contributed by atoms with Crippen molar-refractivity contribution < 1.29 is 14.3 Å². The number of rotatable bonds is 4. The molecule has 0 aliphatic carbocycles. The van der Waals surface area contributed by atoms with Gasteiger partial charge in [-0.25, -0.2) is 0 Å². The first-order valence-corrected chi connectivity index (χ1v) is 4.63. The number of ketones is 1. The lowest BCUT2D eigenvalue weighted by Crippen LogP contribution is -2.46. The van der Waals surface area contributed by atoms with Gasteiger partial charge in [-0.1, -0.05) is 6.92 Å². The number of hydrogen-bond acceptors (Lipinski definition) is 4. The van der Waals surface area contributed by atoms with E-state index in [1.54, 1.807) is 0 Å². The fraction of sp³-hybridized carbons (Fsp3) is 0.889. The third-order valence-corrected chi connectivity index (χ3v) is 2.24. The molecule has 0 aromatic rings. The van der Waals surface area contributed by atoms with Crippen LogP contribution in [0.3, 0.4) is 0 Å². The lowest BCUT2D eigenvalue weighted by molar-refractivity contribution is -0.139. The number of carbonyl (C=O) groups excluding carboxylic acids is 1. The second-order valence-electron chi connectivity index (χ2n) is 3.15. The minimum absolute atomic E-state index is 0.0423. The molecule has 13 heavy (non-hydrogen) atoms. The number of likely N-dealkylation sites (N-methyl/N-ethyl adjacent to an activating group) is 1. The van der Waals surface area contributed by atoms with Crippen molar-refractivity contribution in [1.82, 2.24) is 4.90 Å². The molecule has 1 saturated heterocycles. The topological polar surface area (TPSA) is 38.8 Å². The Hall–Kier alpha value is -0.450. The molecule has 1 unspecified atom stereocenters. The number of hydrogen-bond donors (Lipinski definition) is 0. The van der Waals surface area contributed by atoms with Gasteiger partial charge in [0.05, 0.1) is 6.61 Å². The number of ether oxygens (including phenoxy) is 2. The molecule has 1 fully saturated rings. The monoisotopic (exact) mass is 187 g/mol. The third kappa shape index (κ3) is 3.06. The summed E-state index contributed by atoms with van der Waals surface area (Å²) in [5.74, 6) is 0.0423. The van der Waals surface area contributed by atoms with Gasteiger partial charge in [0.25, 0.3) is 0 Å². The third-order valence-electron chi connectivity index (χ3n) is 2.24. The minimum Gasteiger partial charge on any atom is -0.377 e. The summed E-state index contributed by atoms with van der Waals surface area (Å²) in [7, 11) is 1.53. The summed E-state index contributed by atoms with van der Waals surface area (Å²) >= 11 is 0. The van der Waals surface area contributed by atoms with E-state index in [0.29, 0.717) is 13.2 Å². The van der Waals surface area contributed by atoms with Gasteiger partial charge in [-0.2, -0.15) is 0 Å². The molecule has 0 aromatic heterocycles. The van der Waals surface area contributed by atoms with E-state index >= 15 is 0 Å². The minimum atomic E-state index is -0.284. The van der Waals surface area contributed by atoms with Crippen molar-refractivity contribution in [3.63, 3.8) is 0 Å². The Morgan fingerprint density at radius 1 is 1.69 bits per heavy atom.